The van der Waals surface area contributed by atoms with Gasteiger partial charge in [-0.1, -0.05) is 6.07 Å². The minimum Gasteiger partial charge on any atom is -0.507 e. The van der Waals surface area contributed by atoms with Gasteiger partial charge in [-0.2, -0.15) is 0 Å². The number of hydrogen-bond acceptors (Lipinski definition) is 2. The van der Waals surface area contributed by atoms with E-state index in [1.807, 2.05) is 0 Å². The number of hydrogen-bond donors (Lipinski definition) is 2. The second kappa shape index (κ2) is 5.06. The number of nitrogens with one attached hydrogen (secondary N) is 1. The number of carbonyl (C=O) groups excluding carboxylic acids is 1. The van der Waals surface area contributed by atoms with Crippen molar-refractivity contribution in [2.45, 2.75) is 6.92 Å². The minimum absolute atomic E-state index is 0.0198. The zero-order valence-corrected chi connectivity index (χ0v) is 10.1. The molecule has 0 spiro atoms. The van der Waals surface area contributed by atoms with Gasteiger partial charge in [-0.3, -0.25) is 4.79 Å². The number of aromatic hydroxyl groups is 1. The molecule has 0 bridgehead atoms. The number of halogens is 2. The maximum Gasteiger partial charge on any atom is 0.259 e. The first-order chi connectivity index (χ1) is 8.97. The summed E-state index contributed by atoms with van der Waals surface area (Å²) >= 11 is 0. The third-order valence-electron chi connectivity index (χ3n) is 2.57. The molecule has 2 rings (SSSR count). The van der Waals surface area contributed by atoms with E-state index in [0.29, 0.717) is 0 Å². The lowest BCUT2D eigenvalue weighted by Crippen LogP contribution is -2.13. The van der Waals surface area contributed by atoms with Crippen LogP contribution in [-0.4, -0.2) is 11.0 Å². The largest absolute Gasteiger partial charge is 0.507 e. The van der Waals surface area contributed by atoms with Crippen molar-refractivity contribution in [2.75, 3.05) is 5.32 Å². The van der Waals surface area contributed by atoms with Gasteiger partial charge >= 0.3 is 0 Å². The number of phenolic OH excluding ortho intramolecular Hbond substituents is 1. The summed E-state index contributed by atoms with van der Waals surface area (Å²) in [6.45, 7) is 1.74. The van der Waals surface area contributed by atoms with E-state index in [9.17, 15) is 18.7 Å². The molecule has 2 aromatic rings. The maximum atomic E-state index is 13.5. The monoisotopic (exact) mass is 263 g/mol. The first-order valence-corrected chi connectivity index (χ1v) is 5.53. The van der Waals surface area contributed by atoms with Crippen LogP contribution in [0.4, 0.5) is 14.5 Å². The predicted molar refractivity (Wildman–Crippen MR) is 67.2 cm³/mol. The van der Waals surface area contributed by atoms with E-state index in [1.54, 1.807) is 13.0 Å². The normalized spacial score (nSPS) is 10.3. The molecule has 0 radical (unpaired) electrons. The summed E-state index contributed by atoms with van der Waals surface area (Å²) < 4.78 is 26.5. The van der Waals surface area contributed by atoms with Gasteiger partial charge < -0.3 is 10.4 Å². The highest BCUT2D eigenvalue weighted by Gasteiger charge is 2.14. The van der Waals surface area contributed by atoms with Crippen LogP contribution in [0.3, 0.4) is 0 Å². The van der Waals surface area contributed by atoms with Crippen LogP contribution in [0.15, 0.2) is 36.4 Å². The van der Waals surface area contributed by atoms with Crippen LogP contribution in [0.1, 0.15) is 15.9 Å². The second-order valence-electron chi connectivity index (χ2n) is 4.10. The summed E-state index contributed by atoms with van der Waals surface area (Å²) in [6.07, 6.45) is 0. The number of aryl methyl sites for hydroxylation is 1. The van der Waals surface area contributed by atoms with Crippen LogP contribution < -0.4 is 5.32 Å². The molecule has 0 aromatic heterocycles. The second-order valence-corrected chi connectivity index (χ2v) is 4.10. The smallest absolute Gasteiger partial charge is 0.259 e. The van der Waals surface area contributed by atoms with E-state index in [1.165, 1.54) is 12.1 Å². The molecule has 2 aromatic carbocycles. The Hall–Kier alpha value is -2.43. The van der Waals surface area contributed by atoms with Gasteiger partial charge in [0.05, 0.1) is 11.3 Å². The number of amides is 1. The molecular weight excluding hydrogens is 252 g/mol. The fourth-order valence-corrected chi connectivity index (χ4v) is 1.61. The van der Waals surface area contributed by atoms with Gasteiger partial charge in [-0.25, -0.2) is 8.78 Å². The van der Waals surface area contributed by atoms with Crippen molar-refractivity contribution in [1.82, 2.24) is 0 Å². The number of anilines is 1. The molecule has 0 heterocycles. The van der Waals surface area contributed by atoms with E-state index in [0.717, 1.165) is 23.8 Å². The fraction of sp³-hybridized carbons (Fsp3) is 0.0714. The lowest BCUT2D eigenvalue weighted by Gasteiger charge is -2.08. The highest BCUT2D eigenvalue weighted by Crippen LogP contribution is 2.21. The Morgan fingerprint density at radius 1 is 1.16 bits per heavy atom. The van der Waals surface area contributed by atoms with Crippen molar-refractivity contribution in [3.63, 3.8) is 0 Å². The molecule has 3 nitrogen and oxygen atoms in total. The van der Waals surface area contributed by atoms with Crippen LogP contribution in [0, 0.1) is 18.6 Å². The van der Waals surface area contributed by atoms with Crippen molar-refractivity contribution in [3.05, 3.63) is 59.2 Å². The minimum atomic E-state index is -0.776. The molecule has 0 saturated carbocycles. The SMILES string of the molecule is Cc1ccc(F)c(NC(=O)c2cc(F)ccc2O)c1. The molecule has 5 heteroatoms. The number of rotatable bonds is 2. The van der Waals surface area contributed by atoms with Crippen LogP contribution >= 0.6 is 0 Å². The summed E-state index contributed by atoms with van der Waals surface area (Å²) in [5, 5.41) is 11.8. The Balaban J connectivity index is 2.30. The fourth-order valence-electron chi connectivity index (χ4n) is 1.61. The van der Waals surface area contributed by atoms with Crippen molar-refractivity contribution >= 4 is 11.6 Å². The molecule has 0 aliphatic heterocycles. The van der Waals surface area contributed by atoms with E-state index in [2.05, 4.69) is 5.32 Å². The molecule has 98 valence electrons. The molecular formula is C14H11F2NO2. The first-order valence-electron chi connectivity index (χ1n) is 5.53. The maximum absolute atomic E-state index is 13.5. The van der Waals surface area contributed by atoms with Crippen molar-refractivity contribution in [2.24, 2.45) is 0 Å². The summed E-state index contributed by atoms with van der Waals surface area (Å²) in [6, 6.07) is 7.21. The number of benzene rings is 2. The average Bonchev–Trinajstić information content (AvgIpc) is 2.36. The van der Waals surface area contributed by atoms with Gasteiger partial charge in [-0.05, 0) is 42.8 Å². The summed E-state index contributed by atoms with van der Waals surface area (Å²) in [5.74, 6) is -2.41. The van der Waals surface area contributed by atoms with Crippen LogP contribution in [0.25, 0.3) is 0 Å². The molecule has 0 saturated heterocycles. The van der Waals surface area contributed by atoms with Crippen LogP contribution in [0.5, 0.6) is 5.75 Å². The quantitative estimate of drug-likeness (QED) is 0.873. The zero-order valence-electron chi connectivity index (χ0n) is 10.1. The van der Waals surface area contributed by atoms with Crippen molar-refractivity contribution in [3.8, 4) is 5.75 Å². The van der Waals surface area contributed by atoms with Crippen molar-refractivity contribution < 1.29 is 18.7 Å². The third kappa shape index (κ3) is 2.88. The lowest BCUT2D eigenvalue weighted by molar-refractivity contribution is 0.102. The van der Waals surface area contributed by atoms with Gasteiger partial charge in [0.25, 0.3) is 5.91 Å². The molecule has 0 aliphatic rings. The molecule has 0 aliphatic carbocycles. The van der Waals surface area contributed by atoms with Gasteiger partial charge in [0.1, 0.15) is 17.4 Å². The molecule has 0 atom stereocenters. The average molecular weight is 263 g/mol. The standard InChI is InChI=1S/C14H11F2NO2/c1-8-2-4-11(16)12(6-8)17-14(19)10-7-9(15)3-5-13(10)18/h2-7,18H,1H3,(H,17,19). The Bertz CT molecular complexity index is 641. The van der Waals surface area contributed by atoms with E-state index >= 15 is 0 Å². The summed E-state index contributed by atoms with van der Waals surface area (Å²) in [7, 11) is 0. The topological polar surface area (TPSA) is 49.3 Å². The van der Waals surface area contributed by atoms with Crippen LogP contribution in [0.2, 0.25) is 0 Å². The van der Waals surface area contributed by atoms with Gasteiger partial charge in [0.2, 0.25) is 0 Å². The zero-order chi connectivity index (χ0) is 14.0. The van der Waals surface area contributed by atoms with Gasteiger partial charge in [-0.15, -0.1) is 0 Å². The summed E-state index contributed by atoms with van der Waals surface area (Å²) in [4.78, 5) is 11.8. The van der Waals surface area contributed by atoms with Crippen molar-refractivity contribution in [1.29, 1.82) is 0 Å². The lowest BCUT2D eigenvalue weighted by atomic mass is 10.1. The van der Waals surface area contributed by atoms with E-state index in [4.69, 9.17) is 0 Å². The van der Waals surface area contributed by atoms with Gasteiger partial charge in [0.15, 0.2) is 0 Å². The molecule has 0 fully saturated rings. The summed E-state index contributed by atoms with van der Waals surface area (Å²) in [5.41, 5.74) is 0.495. The Labute approximate surface area is 108 Å². The Morgan fingerprint density at radius 2 is 1.89 bits per heavy atom. The Kier molecular flexibility index (Phi) is 3.46. The van der Waals surface area contributed by atoms with E-state index in [-0.39, 0.29) is 17.0 Å². The molecule has 2 N–H and O–H groups in total. The first kappa shape index (κ1) is 13.0. The third-order valence-corrected chi connectivity index (χ3v) is 2.57. The predicted octanol–water partition coefficient (Wildman–Crippen LogP) is 3.23. The van der Waals surface area contributed by atoms with Crippen LogP contribution in [-0.2, 0) is 0 Å². The Morgan fingerprint density at radius 3 is 2.63 bits per heavy atom. The van der Waals surface area contributed by atoms with Gasteiger partial charge in [0, 0.05) is 0 Å². The van der Waals surface area contributed by atoms with E-state index < -0.39 is 17.5 Å². The molecule has 1 amide bonds. The molecule has 0 unspecified atom stereocenters. The number of carbonyl (C=O) groups is 1. The highest BCUT2D eigenvalue weighted by atomic mass is 19.1. The number of phenols is 1. The highest BCUT2D eigenvalue weighted by molar-refractivity contribution is 6.06. The molecule has 19 heavy (non-hydrogen) atoms.